The number of hydrogen-bond acceptors (Lipinski definition) is 5. The Labute approximate surface area is 103 Å². The van der Waals surface area contributed by atoms with Gasteiger partial charge in [-0.3, -0.25) is 15.4 Å². The van der Waals surface area contributed by atoms with E-state index in [0.29, 0.717) is 0 Å². The lowest BCUT2D eigenvalue weighted by atomic mass is 10.3. The second kappa shape index (κ2) is 4.55. The number of nitrogens with zero attached hydrogens (tertiary/aromatic N) is 3. The lowest BCUT2D eigenvalue weighted by Gasteiger charge is -2.07. The molecule has 1 N–H and O–H groups in total. The van der Waals surface area contributed by atoms with Gasteiger partial charge >= 0.3 is 0 Å². The molecule has 0 saturated heterocycles. The quantitative estimate of drug-likeness (QED) is 0.877. The molecule has 1 aliphatic heterocycles. The lowest BCUT2D eigenvalue weighted by molar-refractivity contribution is 0.724. The zero-order valence-corrected chi connectivity index (χ0v) is 9.76. The SMILES string of the molecule is c1ccc(C2=NNC(c3ccccn3)S2)nc1. The maximum Gasteiger partial charge on any atom is 0.144 e. The number of hydrogen-bond donors (Lipinski definition) is 1. The zero-order valence-electron chi connectivity index (χ0n) is 8.95. The molecule has 0 bridgehead atoms. The monoisotopic (exact) mass is 242 g/mol. The highest BCUT2D eigenvalue weighted by atomic mass is 32.2. The smallest absolute Gasteiger partial charge is 0.144 e. The number of hydrazone groups is 1. The van der Waals surface area contributed by atoms with E-state index in [-0.39, 0.29) is 5.37 Å². The molecule has 17 heavy (non-hydrogen) atoms. The van der Waals surface area contributed by atoms with Gasteiger partial charge in [0.05, 0.1) is 11.4 Å². The molecule has 84 valence electrons. The van der Waals surface area contributed by atoms with E-state index in [1.807, 2.05) is 36.4 Å². The minimum absolute atomic E-state index is 0.0770. The van der Waals surface area contributed by atoms with Crippen molar-refractivity contribution in [2.24, 2.45) is 5.10 Å². The Kier molecular flexibility index (Phi) is 2.75. The van der Waals surface area contributed by atoms with Crippen molar-refractivity contribution in [1.29, 1.82) is 0 Å². The van der Waals surface area contributed by atoms with Crippen LogP contribution in [-0.2, 0) is 0 Å². The number of aromatic nitrogens is 2. The number of thioether (sulfide) groups is 1. The van der Waals surface area contributed by atoms with Gasteiger partial charge in [-0.25, -0.2) is 0 Å². The van der Waals surface area contributed by atoms with E-state index in [9.17, 15) is 0 Å². The molecule has 0 spiro atoms. The van der Waals surface area contributed by atoms with Gasteiger partial charge in [0.1, 0.15) is 10.4 Å². The number of nitrogens with one attached hydrogen (secondary N) is 1. The molecule has 4 nitrogen and oxygen atoms in total. The highest BCUT2D eigenvalue weighted by Gasteiger charge is 2.23. The van der Waals surface area contributed by atoms with Crippen LogP contribution in [0.5, 0.6) is 0 Å². The van der Waals surface area contributed by atoms with Gasteiger partial charge in [-0.05, 0) is 24.3 Å². The maximum atomic E-state index is 4.31. The number of pyridine rings is 2. The summed E-state index contributed by atoms with van der Waals surface area (Å²) >= 11 is 1.63. The third-order valence-corrected chi connectivity index (χ3v) is 3.46. The van der Waals surface area contributed by atoms with Crippen molar-refractivity contribution in [2.45, 2.75) is 5.37 Å². The molecule has 0 aromatic carbocycles. The van der Waals surface area contributed by atoms with Crippen LogP contribution < -0.4 is 5.43 Å². The first-order chi connectivity index (χ1) is 8.43. The normalized spacial score (nSPS) is 18.6. The molecule has 3 heterocycles. The predicted octanol–water partition coefficient (Wildman–Crippen LogP) is 2.17. The lowest BCUT2D eigenvalue weighted by Crippen LogP contribution is -2.07. The summed E-state index contributed by atoms with van der Waals surface area (Å²) in [6.45, 7) is 0. The zero-order chi connectivity index (χ0) is 11.5. The first-order valence-electron chi connectivity index (χ1n) is 5.26. The molecule has 0 amide bonds. The molecule has 1 atom stereocenters. The minimum Gasteiger partial charge on any atom is -0.289 e. The molecule has 1 unspecified atom stereocenters. The van der Waals surface area contributed by atoms with Crippen LogP contribution in [0, 0.1) is 0 Å². The first-order valence-corrected chi connectivity index (χ1v) is 6.14. The molecular formula is C12H10N4S. The van der Waals surface area contributed by atoms with Gasteiger partial charge in [0.2, 0.25) is 0 Å². The van der Waals surface area contributed by atoms with Crippen molar-refractivity contribution in [3.8, 4) is 0 Å². The van der Waals surface area contributed by atoms with E-state index in [1.54, 1.807) is 24.2 Å². The van der Waals surface area contributed by atoms with E-state index in [0.717, 1.165) is 16.4 Å². The third-order valence-electron chi connectivity index (χ3n) is 2.35. The second-order valence-electron chi connectivity index (χ2n) is 3.51. The highest BCUT2D eigenvalue weighted by Crippen LogP contribution is 2.32. The van der Waals surface area contributed by atoms with E-state index in [2.05, 4.69) is 20.5 Å². The Hall–Kier alpha value is -1.88. The highest BCUT2D eigenvalue weighted by molar-refractivity contribution is 8.14. The van der Waals surface area contributed by atoms with Crippen molar-refractivity contribution in [2.75, 3.05) is 0 Å². The van der Waals surface area contributed by atoms with Gasteiger partial charge in [0.15, 0.2) is 0 Å². The van der Waals surface area contributed by atoms with Crippen molar-refractivity contribution in [3.63, 3.8) is 0 Å². The maximum absolute atomic E-state index is 4.31. The van der Waals surface area contributed by atoms with E-state index < -0.39 is 0 Å². The Morgan fingerprint density at radius 2 is 1.82 bits per heavy atom. The van der Waals surface area contributed by atoms with Gasteiger partial charge in [-0.1, -0.05) is 23.9 Å². The van der Waals surface area contributed by atoms with E-state index >= 15 is 0 Å². The summed E-state index contributed by atoms with van der Waals surface area (Å²) in [7, 11) is 0. The Morgan fingerprint density at radius 3 is 2.53 bits per heavy atom. The molecule has 0 fully saturated rings. The van der Waals surface area contributed by atoms with Gasteiger partial charge in [0.25, 0.3) is 0 Å². The molecule has 0 radical (unpaired) electrons. The fraction of sp³-hybridized carbons (Fsp3) is 0.0833. The summed E-state index contributed by atoms with van der Waals surface area (Å²) in [6.07, 6.45) is 3.56. The standard InChI is InChI=1S/C12H10N4S/c1-3-7-13-9(5-1)11-15-16-12(17-11)10-6-2-4-8-14-10/h1-8,11,15H. The molecular weight excluding hydrogens is 232 g/mol. The summed E-state index contributed by atoms with van der Waals surface area (Å²) < 4.78 is 0. The fourth-order valence-corrected chi connectivity index (χ4v) is 2.48. The summed E-state index contributed by atoms with van der Waals surface area (Å²) in [5.74, 6) is 0. The molecule has 0 aliphatic carbocycles. The summed E-state index contributed by atoms with van der Waals surface area (Å²) in [5, 5.41) is 5.27. The number of rotatable bonds is 2. The summed E-state index contributed by atoms with van der Waals surface area (Å²) in [6, 6.07) is 11.7. The van der Waals surface area contributed by atoms with Crippen molar-refractivity contribution < 1.29 is 0 Å². The van der Waals surface area contributed by atoms with Gasteiger partial charge in [-0.15, -0.1) is 0 Å². The van der Waals surface area contributed by atoms with Crippen LogP contribution in [0.25, 0.3) is 0 Å². The van der Waals surface area contributed by atoms with Crippen LogP contribution in [0.1, 0.15) is 16.8 Å². The molecule has 0 saturated carbocycles. The first kappa shape index (κ1) is 10.3. The average Bonchev–Trinajstić information content (AvgIpc) is 2.90. The van der Waals surface area contributed by atoms with Crippen LogP contribution in [0.2, 0.25) is 0 Å². The van der Waals surface area contributed by atoms with Crippen molar-refractivity contribution in [3.05, 3.63) is 60.2 Å². The largest absolute Gasteiger partial charge is 0.289 e. The van der Waals surface area contributed by atoms with Crippen LogP contribution in [0.3, 0.4) is 0 Å². The van der Waals surface area contributed by atoms with Gasteiger partial charge in [-0.2, -0.15) is 5.10 Å². The molecule has 2 aromatic heterocycles. The van der Waals surface area contributed by atoms with Crippen molar-refractivity contribution in [1.82, 2.24) is 15.4 Å². The minimum atomic E-state index is 0.0770. The second-order valence-corrected chi connectivity index (χ2v) is 4.61. The van der Waals surface area contributed by atoms with Crippen molar-refractivity contribution >= 4 is 16.8 Å². The predicted molar refractivity (Wildman–Crippen MR) is 68.5 cm³/mol. The molecule has 1 aliphatic rings. The molecule has 3 rings (SSSR count). The summed E-state index contributed by atoms with van der Waals surface area (Å²) in [4.78, 5) is 8.59. The fourth-order valence-electron chi connectivity index (χ4n) is 1.55. The van der Waals surface area contributed by atoms with Gasteiger partial charge < -0.3 is 0 Å². The summed E-state index contributed by atoms with van der Waals surface area (Å²) in [5.41, 5.74) is 4.94. The average molecular weight is 242 g/mol. The van der Waals surface area contributed by atoms with E-state index in [4.69, 9.17) is 0 Å². The molecule has 5 heteroatoms. The Bertz CT molecular complexity index is 527. The molecule has 2 aromatic rings. The van der Waals surface area contributed by atoms with Crippen LogP contribution >= 0.6 is 11.8 Å². The van der Waals surface area contributed by atoms with E-state index in [1.165, 1.54) is 0 Å². The Morgan fingerprint density at radius 1 is 1.00 bits per heavy atom. The van der Waals surface area contributed by atoms with Crippen LogP contribution in [0.4, 0.5) is 0 Å². The Balaban J connectivity index is 1.78. The topological polar surface area (TPSA) is 50.2 Å². The van der Waals surface area contributed by atoms with Gasteiger partial charge in [0, 0.05) is 12.4 Å². The van der Waals surface area contributed by atoms with Crippen LogP contribution in [0.15, 0.2) is 53.9 Å². The van der Waals surface area contributed by atoms with Crippen LogP contribution in [-0.4, -0.2) is 15.0 Å². The third kappa shape index (κ3) is 2.14.